The van der Waals surface area contributed by atoms with E-state index in [9.17, 15) is 26.3 Å². The number of pyridine rings is 1. The number of nitrogens with one attached hydrogen (secondary N) is 1. The van der Waals surface area contributed by atoms with Crippen molar-refractivity contribution in [3.8, 4) is 22.4 Å². The molecule has 1 aliphatic heterocycles. The summed E-state index contributed by atoms with van der Waals surface area (Å²) in [6, 6.07) is 6.38. The number of halogens is 6. The molecule has 0 fully saturated rings. The van der Waals surface area contributed by atoms with Crippen molar-refractivity contribution in [2.75, 3.05) is 0 Å². The van der Waals surface area contributed by atoms with E-state index in [0.717, 1.165) is 0 Å². The van der Waals surface area contributed by atoms with E-state index in [-0.39, 0.29) is 22.6 Å². The van der Waals surface area contributed by atoms with Gasteiger partial charge in [-0.3, -0.25) is 9.78 Å². The number of hydrogen-bond acceptors (Lipinski definition) is 4. The monoisotopic (exact) mass is 467 g/mol. The zero-order valence-corrected chi connectivity index (χ0v) is 16.9. The Kier molecular flexibility index (Phi) is 4.92. The minimum Gasteiger partial charge on any atom is -0.360 e. The molecule has 5 rings (SSSR count). The Morgan fingerprint density at radius 2 is 1.91 bits per heavy atom. The number of aromatic nitrogens is 5. The summed E-state index contributed by atoms with van der Waals surface area (Å²) in [6.07, 6.45) is -9.57. The van der Waals surface area contributed by atoms with E-state index in [1.165, 1.54) is 35.0 Å². The van der Waals surface area contributed by atoms with Gasteiger partial charge in [-0.1, -0.05) is 0 Å². The molecule has 0 amide bonds. The average Bonchev–Trinajstić information content (AvgIpc) is 3.33. The first-order chi connectivity index (χ1) is 15.6. The van der Waals surface area contributed by atoms with Crippen LogP contribution < -0.4 is 0 Å². The van der Waals surface area contributed by atoms with Crippen molar-refractivity contribution in [1.29, 1.82) is 0 Å². The number of ether oxygens (including phenoxy) is 1. The molecule has 0 bridgehead atoms. The van der Waals surface area contributed by atoms with Gasteiger partial charge < -0.3 is 4.74 Å². The van der Waals surface area contributed by atoms with Gasteiger partial charge in [-0.05, 0) is 37.3 Å². The highest BCUT2D eigenvalue weighted by atomic mass is 19.4. The van der Waals surface area contributed by atoms with Crippen molar-refractivity contribution in [2.24, 2.45) is 0 Å². The van der Waals surface area contributed by atoms with Crippen LogP contribution in [0.4, 0.5) is 26.3 Å². The van der Waals surface area contributed by atoms with E-state index < -0.39 is 43.4 Å². The Morgan fingerprint density at radius 1 is 1.18 bits per heavy atom. The van der Waals surface area contributed by atoms with Gasteiger partial charge in [-0.2, -0.15) is 23.4 Å². The first kappa shape index (κ1) is 21.4. The maximum absolute atomic E-state index is 13.6. The van der Waals surface area contributed by atoms with Crippen molar-refractivity contribution in [3.63, 3.8) is 0 Å². The number of alkyl halides is 5. The van der Waals surface area contributed by atoms with E-state index in [0.29, 0.717) is 22.2 Å². The standard InChI is InChI=1S/C21H15F6N5O/c1-9-16-12(6-13(19(23)24)28-20(16)30-29-9)17-14-8-33-15(21(25,26)27)7-32(14)31-18(17)10-2-4-11(22)5-3-10/h2-6,15,19H,7-8H2,1H3,(H,28,29,30)/t15-/m0/s1. The van der Waals surface area contributed by atoms with Crippen molar-refractivity contribution in [1.82, 2.24) is 25.0 Å². The molecule has 0 spiro atoms. The number of hydrogen-bond donors (Lipinski definition) is 1. The summed E-state index contributed by atoms with van der Waals surface area (Å²) >= 11 is 0. The topological polar surface area (TPSA) is 68.6 Å². The third-order valence-corrected chi connectivity index (χ3v) is 5.52. The lowest BCUT2D eigenvalue weighted by Gasteiger charge is -2.26. The van der Waals surface area contributed by atoms with Gasteiger partial charge in [0.2, 0.25) is 0 Å². The molecule has 6 nitrogen and oxygen atoms in total. The molecule has 172 valence electrons. The summed E-state index contributed by atoms with van der Waals surface area (Å²) in [7, 11) is 0. The number of benzene rings is 1. The number of aromatic amines is 1. The van der Waals surface area contributed by atoms with Gasteiger partial charge >= 0.3 is 6.18 Å². The second-order valence-corrected chi connectivity index (χ2v) is 7.63. The SMILES string of the molecule is Cc1n[nH]c2nc(C(F)F)cc(-c3c(-c4ccc(F)cc4)nn4c3CO[C@H](C(F)(F)F)C4)c12. The normalized spacial score (nSPS) is 16.5. The second kappa shape index (κ2) is 7.58. The summed E-state index contributed by atoms with van der Waals surface area (Å²) in [5.74, 6) is -0.512. The van der Waals surface area contributed by atoms with Gasteiger partial charge in [0.1, 0.15) is 17.2 Å². The molecule has 1 atom stereocenters. The van der Waals surface area contributed by atoms with Crippen molar-refractivity contribution >= 4 is 11.0 Å². The van der Waals surface area contributed by atoms with Gasteiger partial charge in [-0.25, -0.2) is 18.2 Å². The van der Waals surface area contributed by atoms with Crippen molar-refractivity contribution < 1.29 is 31.1 Å². The fraction of sp³-hybridized carbons (Fsp3) is 0.286. The van der Waals surface area contributed by atoms with Gasteiger partial charge in [0.15, 0.2) is 11.8 Å². The lowest BCUT2D eigenvalue weighted by molar-refractivity contribution is -0.234. The molecule has 1 N–H and O–H groups in total. The average molecular weight is 467 g/mol. The molecule has 0 aliphatic carbocycles. The molecule has 0 saturated carbocycles. The molecule has 4 aromatic rings. The maximum Gasteiger partial charge on any atom is 0.416 e. The molecule has 4 heterocycles. The summed E-state index contributed by atoms with van der Waals surface area (Å²) < 4.78 is 86.8. The highest BCUT2D eigenvalue weighted by Crippen LogP contribution is 2.42. The minimum absolute atomic E-state index is 0.107. The van der Waals surface area contributed by atoms with Crippen LogP contribution in [0.5, 0.6) is 0 Å². The largest absolute Gasteiger partial charge is 0.416 e. The van der Waals surface area contributed by atoms with Crippen LogP contribution in [0.3, 0.4) is 0 Å². The van der Waals surface area contributed by atoms with Crippen LogP contribution >= 0.6 is 0 Å². The van der Waals surface area contributed by atoms with Gasteiger partial charge in [-0.15, -0.1) is 0 Å². The van der Waals surface area contributed by atoms with Gasteiger partial charge in [0.25, 0.3) is 6.43 Å². The van der Waals surface area contributed by atoms with Gasteiger partial charge in [0.05, 0.1) is 24.5 Å². The first-order valence-corrected chi connectivity index (χ1v) is 9.81. The quantitative estimate of drug-likeness (QED) is 0.414. The minimum atomic E-state index is -4.60. The van der Waals surface area contributed by atoms with Crippen LogP contribution in [0.25, 0.3) is 33.4 Å². The molecule has 1 aromatic carbocycles. The number of nitrogens with zero attached hydrogens (tertiary/aromatic N) is 4. The molecule has 1 aliphatic rings. The highest BCUT2D eigenvalue weighted by molar-refractivity contribution is 5.99. The van der Waals surface area contributed by atoms with E-state index >= 15 is 0 Å². The summed E-state index contributed by atoms with van der Waals surface area (Å²) in [5, 5.41) is 11.4. The smallest absolute Gasteiger partial charge is 0.360 e. The Balaban J connectivity index is 1.80. The zero-order chi connectivity index (χ0) is 23.5. The van der Waals surface area contributed by atoms with Crippen LogP contribution in [0.2, 0.25) is 0 Å². The fourth-order valence-corrected chi connectivity index (χ4v) is 3.99. The Labute approximate surface area is 182 Å². The predicted octanol–water partition coefficient (Wildman–Crippen LogP) is 5.33. The molecule has 12 heteroatoms. The van der Waals surface area contributed by atoms with Crippen LogP contribution in [0.15, 0.2) is 30.3 Å². The van der Waals surface area contributed by atoms with Crippen LogP contribution in [0.1, 0.15) is 23.5 Å². The number of fused-ring (bicyclic) bond motifs is 2. The lowest BCUT2D eigenvalue weighted by atomic mass is 9.95. The van der Waals surface area contributed by atoms with Crippen molar-refractivity contribution in [3.05, 3.63) is 53.2 Å². The van der Waals surface area contributed by atoms with Crippen molar-refractivity contribution in [2.45, 2.75) is 38.8 Å². The van der Waals surface area contributed by atoms with E-state index in [1.54, 1.807) is 6.92 Å². The number of H-pyrrole nitrogens is 1. The highest BCUT2D eigenvalue weighted by Gasteiger charge is 2.44. The molecule has 0 radical (unpaired) electrons. The Bertz CT molecular complexity index is 1340. The Hall–Kier alpha value is -3.41. The molecule has 33 heavy (non-hydrogen) atoms. The zero-order valence-electron chi connectivity index (χ0n) is 16.9. The van der Waals surface area contributed by atoms with Crippen LogP contribution in [-0.4, -0.2) is 37.2 Å². The number of aryl methyl sites for hydroxylation is 1. The van der Waals surface area contributed by atoms with E-state index in [2.05, 4.69) is 20.3 Å². The molecular weight excluding hydrogens is 452 g/mol. The molecule has 3 aromatic heterocycles. The van der Waals surface area contributed by atoms with Crippen LogP contribution in [0, 0.1) is 12.7 Å². The summed E-state index contributed by atoms with van der Waals surface area (Å²) in [4.78, 5) is 3.91. The number of rotatable bonds is 3. The molecule has 0 unspecified atom stereocenters. The van der Waals surface area contributed by atoms with E-state index in [1.807, 2.05) is 0 Å². The van der Waals surface area contributed by atoms with Gasteiger partial charge in [0, 0.05) is 22.1 Å². The second-order valence-electron chi connectivity index (χ2n) is 7.63. The predicted molar refractivity (Wildman–Crippen MR) is 105 cm³/mol. The van der Waals surface area contributed by atoms with E-state index in [4.69, 9.17) is 4.74 Å². The fourth-order valence-electron chi connectivity index (χ4n) is 3.99. The third-order valence-electron chi connectivity index (χ3n) is 5.52. The molecular formula is C21H15F6N5O. The Morgan fingerprint density at radius 3 is 2.58 bits per heavy atom. The van der Waals surface area contributed by atoms with Crippen LogP contribution in [-0.2, 0) is 17.9 Å². The maximum atomic E-state index is 13.6. The molecule has 0 saturated heterocycles. The first-order valence-electron chi connectivity index (χ1n) is 9.81. The lowest BCUT2D eigenvalue weighted by Crippen LogP contribution is -2.39. The summed E-state index contributed by atoms with van der Waals surface area (Å²) in [5.41, 5.74) is 1.51. The third kappa shape index (κ3) is 3.63. The summed E-state index contributed by atoms with van der Waals surface area (Å²) in [6.45, 7) is 0.599.